The summed E-state index contributed by atoms with van der Waals surface area (Å²) in [7, 11) is 1.41. The van der Waals surface area contributed by atoms with Gasteiger partial charge in [-0.2, -0.15) is 13.2 Å². The van der Waals surface area contributed by atoms with Crippen LogP contribution in [0.2, 0.25) is 5.02 Å². The van der Waals surface area contributed by atoms with Gasteiger partial charge in [0, 0.05) is 16.8 Å². The van der Waals surface area contributed by atoms with E-state index in [-0.39, 0.29) is 27.6 Å². The van der Waals surface area contributed by atoms with Crippen LogP contribution < -0.4 is 20.1 Å². The molecule has 0 atom stereocenters. The minimum atomic E-state index is -4.52. The predicted molar refractivity (Wildman–Crippen MR) is 107 cm³/mol. The number of ether oxygens (including phenoxy) is 2. The van der Waals surface area contributed by atoms with Crippen molar-refractivity contribution in [2.75, 3.05) is 25.6 Å². The molecule has 0 heterocycles. The summed E-state index contributed by atoms with van der Waals surface area (Å²) >= 11 is 6.18. The van der Waals surface area contributed by atoms with E-state index in [2.05, 4.69) is 5.32 Å². The first-order valence-electron chi connectivity index (χ1n) is 8.83. The van der Waals surface area contributed by atoms with Gasteiger partial charge in [0.2, 0.25) is 0 Å². The Morgan fingerprint density at radius 2 is 1.80 bits per heavy atom. The molecule has 0 aromatic heterocycles. The van der Waals surface area contributed by atoms with Gasteiger partial charge in [0.05, 0.1) is 18.7 Å². The third kappa shape index (κ3) is 6.03. The summed E-state index contributed by atoms with van der Waals surface area (Å²) < 4.78 is 47.5. The molecule has 0 spiro atoms. The molecule has 10 heteroatoms. The van der Waals surface area contributed by atoms with E-state index in [1.54, 1.807) is 19.2 Å². The first kappa shape index (κ1) is 23.3. The largest absolute Gasteiger partial charge is 0.493 e. The highest BCUT2D eigenvalue weighted by atomic mass is 35.5. The Balaban J connectivity index is 2.24. The molecule has 0 aliphatic heterocycles. The lowest BCUT2D eigenvalue weighted by Gasteiger charge is -2.14. The second-order valence-electron chi connectivity index (χ2n) is 6.20. The van der Waals surface area contributed by atoms with Gasteiger partial charge < -0.3 is 20.1 Å². The van der Waals surface area contributed by atoms with Gasteiger partial charge in [-0.3, -0.25) is 9.59 Å². The van der Waals surface area contributed by atoms with Crippen molar-refractivity contribution in [1.29, 1.82) is 0 Å². The number of hydrogen-bond donors (Lipinski definition) is 2. The van der Waals surface area contributed by atoms with Gasteiger partial charge in [0.15, 0.2) is 11.5 Å². The first-order valence-corrected chi connectivity index (χ1v) is 9.20. The second kappa shape index (κ2) is 9.71. The third-order valence-electron chi connectivity index (χ3n) is 3.98. The number of aryl methyl sites for hydroxylation is 1. The quantitative estimate of drug-likeness (QED) is 0.654. The van der Waals surface area contributed by atoms with Crippen molar-refractivity contribution in [3.63, 3.8) is 0 Å². The van der Waals surface area contributed by atoms with Crippen LogP contribution in [0.4, 0.5) is 18.9 Å². The van der Waals surface area contributed by atoms with Crippen molar-refractivity contribution in [1.82, 2.24) is 5.32 Å². The van der Waals surface area contributed by atoms with Crippen LogP contribution in [0.5, 0.6) is 11.5 Å². The van der Waals surface area contributed by atoms with Gasteiger partial charge in [-0.15, -0.1) is 0 Å². The summed E-state index contributed by atoms with van der Waals surface area (Å²) in [6.07, 6.45) is -4.52. The lowest BCUT2D eigenvalue weighted by Crippen LogP contribution is -2.33. The number of nitrogens with one attached hydrogen (secondary N) is 2. The van der Waals surface area contributed by atoms with Crippen molar-refractivity contribution in [2.24, 2.45) is 0 Å². The molecule has 0 aliphatic carbocycles. The molecule has 2 aromatic rings. The topological polar surface area (TPSA) is 76.7 Å². The minimum absolute atomic E-state index is 0.0255. The summed E-state index contributed by atoms with van der Waals surface area (Å²) in [6, 6.07) is 7.03. The Labute approximate surface area is 176 Å². The van der Waals surface area contributed by atoms with Crippen LogP contribution in [0.15, 0.2) is 30.3 Å². The number of benzene rings is 2. The molecule has 2 aromatic carbocycles. The number of hydrogen-bond acceptors (Lipinski definition) is 4. The number of anilines is 1. The SMILES string of the molecule is CCOc1c(Cl)cc(C(=O)Nc2cc(C(=O)NCC(F)(F)F)ccc2C)cc1OC. The van der Waals surface area contributed by atoms with E-state index >= 15 is 0 Å². The van der Waals surface area contributed by atoms with Crippen molar-refractivity contribution >= 4 is 29.1 Å². The van der Waals surface area contributed by atoms with Crippen molar-refractivity contribution in [2.45, 2.75) is 20.0 Å². The summed E-state index contributed by atoms with van der Waals surface area (Å²) in [6.45, 7) is 2.35. The summed E-state index contributed by atoms with van der Waals surface area (Å²) in [5, 5.41) is 4.59. The monoisotopic (exact) mass is 444 g/mol. The predicted octanol–water partition coefficient (Wildman–Crippen LogP) is 4.60. The maximum absolute atomic E-state index is 12.7. The fourth-order valence-corrected chi connectivity index (χ4v) is 2.78. The smallest absolute Gasteiger partial charge is 0.405 e. The van der Waals surface area contributed by atoms with Gasteiger partial charge >= 0.3 is 6.18 Å². The van der Waals surface area contributed by atoms with Crippen LogP contribution in [0.3, 0.4) is 0 Å². The molecule has 0 fully saturated rings. The molecule has 2 amide bonds. The zero-order valence-electron chi connectivity index (χ0n) is 16.4. The second-order valence-corrected chi connectivity index (χ2v) is 6.61. The average Bonchev–Trinajstić information content (AvgIpc) is 2.68. The Morgan fingerprint density at radius 3 is 2.40 bits per heavy atom. The summed E-state index contributed by atoms with van der Waals surface area (Å²) in [4.78, 5) is 24.6. The van der Waals surface area contributed by atoms with Crippen LogP contribution in [0.25, 0.3) is 0 Å². The molecule has 30 heavy (non-hydrogen) atoms. The number of methoxy groups -OCH3 is 1. The van der Waals surface area contributed by atoms with Crippen LogP contribution in [-0.4, -0.2) is 38.3 Å². The number of rotatable bonds is 7. The molecule has 0 radical (unpaired) electrons. The normalized spacial score (nSPS) is 11.0. The third-order valence-corrected chi connectivity index (χ3v) is 4.26. The fourth-order valence-electron chi connectivity index (χ4n) is 2.51. The summed E-state index contributed by atoms with van der Waals surface area (Å²) in [5.41, 5.74) is 1.03. The fraction of sp³-hybridized carbons (Fsp3) is 0.300. The Hall–Kier alpha value is -2.94. The van der Waals surface area contributed by atoms with Crippen molar-refractivity contribution in [3.05, 3.63) is 52.0 Å². The Kier molecular flexibility index (Phi) is 7.55. The van der Waals surface area contributed by atoms with Gasteiger partial charge in [-0.1, -0.05) is 17.7 Å². The van der Waals surface area contributed by atoms with Crippen LogP contribution >= 0.6 is 11.6 Å². The zero-order chi connectivity index (χ0) is 22.5. The lowest BCUT2D eigenvalue weighted by molar-refractivity contribution is -0.123. The maximum atomic E-state index is 12.7. The Morgan fingerprint density at radius 1 is 1.10 bits per heavy atom. The van der Waals surface area contributed by atoms with Gasteiger partial charge in [0.1, 0.15) is 6.54 Å². The molecule has 6 nitrogen and oxygen atoms in total. The molecule has 0 bridgehead atoms. The van der Waals surface area contributed by atoms with E-state index in [9.17, 15) is 22.8 Å². The van der Waals surface area contributed by atoms with E-state index in [1.807, 2.05) is 0 Å². The average molecular weight is 445 g/mol. The number of alkyl halides is 3. The van der Waals surface area contributed by atoms with Crippen LogP contribution in [0.1, 0.15) is 33.2 Å². The first-order chi connectivity index (χ1) is 14.1. The van der Waals surface area contributed by atoms with Crippen molar-refractivity contribution in [3.8, 4) is 11.5 Å². The van der Waals surface area contributed by atoms with E-state index in [0.29, 0.717) is 17.9 Å². The van der Waals surface area contributed by atoms with Crippen LogP contribution in [0, 0.1) is 6.92 Å². The highest BCUT2D eigenvalue weighted by Gasteiger charge is 2.28. The summed E-state index contributed by atoms with van der Waals surface area (Å²) in [5.74, 6) is -0.882. The van der Waals surface area contributed by atoms with Gasteiger partial charge in [-0.05, 0) is 43.7 Å². The highest BCUT2D eigenvalue weighted by molar-refractivity contribution is 6.32. The molecule has 2 N–H and O–H groups in total. The van der Waals surface area contributed by atoms with Gasteiger partial charge in [-0.25, -0.2) is 0 Å². The molecule has 0 saturated carbocycles. The minimum Gasteiger partial charge on any atom is -0.493 e. The van der Waals surface area contributed by atoms with E-state index in [0.717, 1.165) is 0 Å². The molecule has 162 valence electrons. The maximum Gasteiger partial charge on any atom is 0.405 e. The van der Waals surface area contributed by atoms with E-state index in [4.69, 9.17) is 21.1 Å². The van der Waals surface area contributed by atoms with Gasteiger partial charge in [0.25, 0.3) is 11.8 Å². The molecule has 2 rings (SSSR count). The van der Waals surface area contributed by atoms with Crippen LogP contribution in [-0.2, 0) is 0 Å². The molecular formula is C20H20ClF3N2O4. The van der Waals surface area contributed by atoms with Crippen molar-refractivity contribution < 1.29 is 32.2 Å². The number of amides is 2. The molecule has 0 unspecified atom stereocenters. The van der Waals surface area contributed by atoms with E-state index in [1.165, 1.54) is 37.4 Å². The highest BCUT2D eigenvalue weighted by Crippen LogP contribution is 2.36. The lowest BCUT2D eigenvalue weighted by atomic mass is 10.1. The standard InChI is InChI=1S/C20H20ClF3N2O4/c1-4-30-17-14(21)7-13(9-16(17)29-3)19(28)26-15-8-12(6-5-11(15)2)18(27)25-10-20(22,23)24/h5-9H,4,10H2,1-3H3,(H,25,27)(H,26,28). The molecular weight excluding hydrogens is 425 g/mol. The number of carbonyl (C=O) groups is 2. The number of halogens is 4. The Bertz CT molecular complexity index is 948. The molecule has 0 saturated heterocycles. The molecule has 0 aliphatic rings. The zero-order valence-corrected chi connectivity index (χ0v) is 17.2. The number of carbonyl (C=O) groups excluding carboxylic acids is 2. The van der Waals surface area contributed by atoms with E-state index < -0.39 is 24.5 Å².